The molecular weight excluding hydrogens is 424 g/mol. The predicted molar refractivity (Wildman–Crippen MR) is 128 cm³/mol. The third-order valence-electron chi connectivity index (χ3n) is 5.22. The molecule has 0 bridgehead atoms. The number of hydrogen-bond acceptors (Lipinski definition) is 2. The summed E-state index contributed by atoms with van der Waals surface area (Å²) in [5, 5.41) is 2.68. The topological polar surface area (TPSA) is 75.4 Å². The van der Waals surface area contributed by atoms with E-state index in [-0.39, 0.29) is 30.1 Å². The molecule has 0 saturated carbocycles. The molecule has 0 fully saturated rings. The first-order chi connectivity index (χ1) is 15.5. The molecule has 0 radical (unpaired) electrons. The van der Waals surface area contributed by atoms with Crippen molar-refractivity contribution in [1.29, 1.82) is 0 Å². The molecule has 33 heavy (non-hydrogen) atoms. The van der Waals surface area contributed by atoms with E-state index in [4.69, 9.17) is 5.73 Å². The van der Waals surface area contributed by atoms with Crippen LogP contribution in [0, 0.1) is 17.0 Å². The van der Waals surface area contributed by atoms with Gasteiger partial charge < -0.3 is 11.1 Å². The lowest BCUT2D eigenvalue weighted by molar-refractivity contribution is -0.121. The first kappa shape index (κ1) is 26.3. The lowest BCUT2D eigenvalue weighted by Crippen LogP contribution is -2.42. The fourth-order valence-corrected chi connectivity index (χ4v) is 3.78. The number of nitrogens with zero attached hydrogens (tertiary/aromatic N) is 1. The second-order valence-corrected chi connectivity index (χ2v) is 9.54. The van der Waals surface area contributed by atoms with Gasteiger partial charge in [-0.1, -0.05) is 52.0 Å². The van der Waals surface area contributed by atoms with Crippen LogP contribution in [0.3, 0.4) is 0 Å². The number of anilines is 1. The van der Waals surface area contributed by atoms with Crippen LogP contribution in [0.5, 0.6) is 0 Å². The highest BCUT2D eigenvalue weighted by Crippen LogP contribution is 2.28. The van der Waals surface area contributed by atoms with E-state index in [1.54, 1.807) is 0 Å². The van der Waals surface area contributed by atoms with Crippen LogP contribution in [0.2, 0.25) is 0 Å². The number of carbonyl (C=O) groups excluding carboxylic acids is 2. The van der Waals surface area contributed by atoms with Gasteiger partial charge in [-0.15, -0.1) is 0 Å². The molecule has 7 heteroatoms. The summed E-state index contributed by atoms with van der Waals surface area (Å²) in [7, 11) is 0. The number of carbonyl (C=O) groups is 2. The first-order valence-corrected chi connectivity index (χ1v) is 11.4. The Morgan fingerprint density at radius 2 is 1.67 bits per heavy atom. The van der Waals surface area contributed by atoms with Crippen molar-refractivity contribution in [2.24, 2.45) is 11.1 Å². The van der Waals surface area contributed by atoms with Crippen LogP contribution < -0.4 is 16.0 Å². The van der Waals surface area contributed by atoms with Gasteiger partial charge in [0, 0.05) is 25.6 Å². The molecule has 2 aromatic rings. The summed E-state index contributed by atoms with van der Waals surface area (Å²) in [6.07, 6.45) is 2.88. The van der Waals surface area contributed by atoms with Crippen molar-refractivity contribution < 1.29 is 18.4 Å². The number of nitrogens with two attached hydrogens (primary N) is 1. The van der Waals surface area contributed by atoms with Gasteiger partial charge in [0.2, 0.25) is 5.91 Å². The van der Waals surface area contributed by atoms with Crippen molar-refractivity contribution in [2.75, 3.05) is 18.0 Å². The van der Waals surface area contributed by atoms with Crippen LogP contribution in [-0.4, -0.2) is 25.0 Å². The molecule has 2 aromatic carbocycles. The van der Waals surface area contributed by atoms with E-state index in [0.717, 1.165) is 23.0 Å². The average molecular weight is 460 g/mol. The molecule has 0 aromatic heterocycles. The zero-order valence-electron chi connectivity index (χ0n) is 20.0. The Hall–Kier alpha value is -2.96. The molecule has 0 aliphatic heterocycles. The van der Waals surface area contributed by atoms with Gasteiger partial charge in [0.05, 0.1) is 5.69 Å². The number of amides is 3. The molecule has 5 nitrogen and oxygen atoms in total. The number of nitrogens with one attached hydrogen (secondary N) is 1. The van der Waals surface area contributed by atoms with Crippen LogP contribution in [0.25, 0.3) is 0 Å². The molecule has 0 atom stereocenters. The van der Waals surface area contributed by atoms with Gasteiger partial charge in [-0.3, -0.25) is 9.69 Å². The molecule has 0 aliphatic carbocycles. The van der Waals surface area contributed by atoms with E-state index in [2.05, 4.69) is 38.2 Å². The van der Waals surface area contributed by atoms with E-state index in [1.807, 2.05) is 19.1 Å². The molecule has 3 N–H and O–H groups in total. The number of aryl methyl sites for hydroxylation is 2. The largest absolute Gasteiger partial charge is 0.354 e. The average Bonchev–Trinajstić information content (AvgIpc) is 2.70. The van der Waals surface area contributed by atoms with Crippen molar-refractivity contribution in [3.8, 4) is 0 Å². The Kier molecular flexibility index (Phi) is 9.38. The lowest BCUT2D eigenvalue weighted by Gasteiger charge is -2.24. The maximum Gasteiger partial charge on any atom is 0.319 e. The maximum atomic E-state index is 14.8. The van der Waals surface area contributed by atoms with Crippen LogP contribution in [0.15, 0.2) is 36.4 Å². The second-order valence-electron chi connectivity index (χ2n) is 9.54. The third kappa shape index (κ3) is 8.48. The van der Waals surface area contributed by atoms with Gasteiger partial charge in [-0.2, -0.15) is 0 Å². The van der Waals surface area contributed by atoms with Crippen LogP contribution >= 0.6 is 0 Å². The Labute approximate surface area is 195 Å². The number of rotatable bonds is 10. The summed E-state index contributed by atoms with van der Waals surface area (Å²) in [4.78, 5) is 24.8. The molecule has 180 valence electrons. The number of hydrogen-bond donors (Lipinski definition) is 2. The highest BCUT2D eigenvalue weighted by molar-refractivity contribution is 5.92. The summed E-state index contributed by atoms with van der Waals surface area (Å²) in [5.74, 6) is -1.73. The zero-order valence-corrected chi connectivity index (χ0v) is 20.0. The van der Waals surface area contributed by atoms with E-state index in [0.29, 0.717) is 31.2 Å². The van der Waals surface area contributed by atoms with E-state index in [1.165, 1.54) is 11.6 Å². The Balaban J connectivity index is 2.18. The van der Waals surface area contributed by atoms with Crippen molar-refractivity contribution in [1.82, 2.24) is 5.32 Å². The normalized spacial score (nSPS) is 11.3. The summed E-state index contributed by atoms with van der Waals surface area (Å²) in [5.41, 5.74) is 8.26. The van der Waals surface area contributed by atoms with Gasteiger partial charge in [0.15, 0.2) is 0 Å². The first-order valence-electron chi connectivity index (χ1n) is 11.4. The molecular formula is C26H35F2N3O2. The quantitative estimate of drug-likeness (QED) is 0.516. The van der Waals surface area contributed by atoms with Gasteiger partial charge >= 0.3 is 6.03 Å². The summed E-state index contributed by atoms with van der Waals surface area (Å²) < 4.78 is 28.8. The molecule has 2 rings (SSSR count). The number of benzene rings is 2. The smallest absolute Gasteiger partial charge is 0.319 e. The summed E-state index contributed by atoms with van der Waals surface area (Å²) in [6.45, 7) is 8.53. The second kappa shape index (κ2) is 11.8. The molecule has 0 saturated heterocycles. The monoisotopic (exact) mass is 459 g/mol. The highest BCUT2D eigenvalue weighted by atomic mass is 19.1. The van der Waals surface area contributed by atoms with Gasteiger partial charge in [0.1, 0.15) is 11.6 Å². The van der Waals surface area contributed by atoms with Crippen molar-refractivity contribution in [2.45, 2.75) is 59.8 Å². The molecule has 0 spiro atoms. The SMILES string of the molecule is CCCC(=O)NCCN(C(N)=O)c1c(F)cc(F)cc1CCc1ccc(CC(C)(C)C)cc1. The van der Waals surface area contributed by atoms with E-state index < -0.39 is 17.7 Å². The van der Waals surface area contributed by atoms with E-state index in [9.17, 15) is 18.4 Å². The minimum Gasteiger partial charge on any atom is -0.354 e. The van der Waals surface area contributed by atoms with Crippen LogP contribution in [0.1, 0.15) is 57.2 Å². The van der Waals surface area contributed by atoms with Gasteiger partial charge in [-0.05, 0) is 53.9 Å². The molecule has 3 amide bonds. The third-order valence-corrected chi connectivity index (χ3v) is 5.22. The Bertz CT molecular complexity index is 953. The standard InChI is InChI=1S/C26H35F2N3O2/c1-5-6-23(32)30-13-14-31(25(29)33)24-20(15-21(27)16-22(24)28)12-11-18-7-9-19(10-8-18)17-26(2,3)4/h7-10,15-16H,5-6,11-14,17H2,1-4H3,(H2,29,33)(H,30,32). The number of urea groups is 1. The van der Waals surface area contributed by atoms with Gasteiger partial charge in [-0.25, -0.2) is 13.6 Å². The van der Waals surface area contributed by atoms with Crippen molar-refractivity contribution in [3.05, 3.63) is 64.7 Å². The van der Waals surface area contributed by atoms with Crippen LogP contribution in [0.4, 0.5) is 19.3 Å². The van der Waals surface area contributed by atoms with Gasteiger partial charge in [0.25, 0.3) is 0 Å². The highest BCUT2D eigenvalue weighted by Gasteiger charge is 2.22. The van der Waals surface area contributed by atoms with Crippen molar-refractivity contribution >= 4 is 17.6 Å². The summed E-state index contributed by atoms with van der Waals surface area (Å²) >= 11 is 0. The maximum absolute atomic E-state index is 14.8. The number of primary amides is 1. The van der Waals surface area contributed by atoms with Crippen molar-refractivity contribution in [3.63, 3.8) is 0 Å². The molecule has 0 aliphatic rings. The van der Waals surface area contributed by atoms with Crippen LogP contribution in [-0.2, 0) is 24.1 Å². The molecule has 0 unspecified atom stereocenters. The predicted octanol–water partition coefficient (Wildman–Crippen LogP) is 5.14. The fraction of sp³-hybridized carbons (Fsp3) is 0.462. The zero-order chi connectivity index (χ0) is 24.6. The fourth-order valence-electron chi connectivity index (χ4n) is 3.78. The Morgan fingerprint density at radius 1 is 1.03 bits per heavy atom. The molecule has 0 heterocycles. The summed E-state index contributed by atoms with van der Waals surface area (Å²) in [6, 6.07) is 9.30. The number of halogens is 2. The Morgan fingerprint density at radius 3 is 2.24 bits per heavy atom. The minimum atomic E-state index is -0.863. The lowest BCUT2D eigenvalue weighted by atomic mass is 9.88. The minimum absolute atomic E-state index is 0.0121. The van der Waals surface area contributed by atoms with E-state index >= 15 is 0 Å².